The highest BCUT2D eigenvalue weighted by atomic mass is 79.9. The third-order valence-corrected chi connectivity index (χ3v) is 4.53. The maximum absolute atomic E-state index is 5.48. The smallest absolute Gasteiger partial charge is 0.168 e. The molecule has 0 radical (unpaired) electrons. The van der Waals surface area contributed by atoms with Gasteiger partial charge in [0.15, 0.2) is 5.16 Å². The minimum Gasteiger partial charge on any atom is -0.467 e. The summed E-state index contributed by atoms with van der Waals surface area (Å²) >= 11 is 5.22. The van der Waals surface area contributed by atoms with Crippen LogP contribution in [0.15, 0.2) is 62.9 Å². The van der Waals surface area contributed by atoms with Crippen molar-refractivity contribution in [2.45, 2.75) is 18.6 Å². The van der Waals surface area contributed by atoms with Crippen molar-refractivity contribution in [2.24, 2.45) is 0 Å². The lowest BCUT2D eigenvalue weighted by atomic mass is 10.2. The van der Waals surface area contributed by atoms with Gasteiger partial charge in [-0.15, -0.1) is 0 Å². The van der Waals surface area contributed by atoms with Crippen LogP contribution in [-0.2, 0) is 6.54 Å². The Morgan fingerprint density at radius 3 is 2.71 bits per heavy atom. The molecule has 0 atom stereocenters. The Morgan fingerprint density at radius 1 is 1.24 bits per heavy atom. The van der Waals surface area contributed by atoms with Crippen molar-refractivity contribution < 1.29 is 4.42 Å². The molecule has 5 heteroatoms. The van der Waals surface area contributed by atoms with Gasteiger partial charge in [0.1, 0.15) is 5.76 Å². The van der Waals surface area contributed by atoms with Gasteiger partial charge in [-0.2, -0.15) is 0 Å². The van der Waals surface area contributed by atoms with E-state index in [1.54, 1.807) is 18.0 Å². The number of imidazole rings is 1. The van der Waals surface area contributed by atoms with E-state index in [0.717, 1.165) is 32.4 Å². The molecule has 0 aliphatic carbocycles. The zero-order valence-electron chi connectivity index (χ0n) is 11.6. The predicted octanol–water partition coefficient (Wildman–Crippen LogP) is 5.07. The molecule has 0 aliphatic rings. The summed E-state index contributed by atoms with van der Waals surface area (Å²) in [6, 6.07) is 12.2. The SMILES string of the molecule is CCSc1ncc(-c2ccc(Br)cc2)n1Cc1ccco1. The van der Waals surface area contributed by atoms with Gasteiger partial charge in [-0.05, 0) is 35.6 Å². The molecular weight excluding hydrogens is 348 g/mol. The van der Waals surface area contributed by atoms with Crippen molar-refractivity contribution in [3.05, 3.63) is 59.1 Å². The molecule has 3 nitrogen and oxygen atoms in total. The number of aromatic nitrogens is 2. The standard InChI is InChI=1S/C16H15BrN2OS/c1-2-21-16-18-10-15(12-5-7-13(17)8-6-12)19(16)11-14-4-3-9-20-14/h3-10H,2,11H2,1H3. The van der Waals surface area contributed by atoms with Gasteiger partial charge < -0.3 is 8.98 Å². The molecule has 0 amide bonds. The molecule has 0 saturated carbocycles. The van der Waals surface area contributed by atoms with Gasteiger partial charge in [0.25, 0.3) is 0 Å². The summed E-state index contributed by atoms with van der Waals surface area (Å²) in [6.07, 6.45) is 3.64. The zero-order chi connectivity index (χ0) is 14.7. The highest BCUT2D eigenvalue weighted by Crippen LogP contribution is 2.28. The first-order chi connectivity index (χ1) is 10.3. The van der Waals surface area contributed by atoms with Gasteiger partial charge >= 0.3 is 0 Å². The van der Waals surface area contributed by atoms with Crippen LogP contribution in [0.25, 0.3) is 11.3 Å². The largest absolute Gasteiger partial charge is 0.467 e. The normalized spacial score (nSPS) is 11.0. The lowest BCUT2D eigenvalue weighted by Gasteiger charge is -2.10. The Kier molecular flexibility index (Phi) is 4.51. The van der Waals surface area contributed by atoms with E-state index in [4.69, 9.17) is 4.42 Å². The Bertz CT molecular complexity index is 704. The maximum Gasteiger partial charge on any atom is 0.168 e. The van der Waals surface area contributed by atoms with E-state index in [0.29, 0.717) is 6.54 Å². The maximum atomic E-state index is 5.48. The van der Waals surface area contributed by atoms with Crippen LogP contribution in [0.5, 0.6) is 0 Å². The monoisotopic (exact) mass is 362 g/mol. The second-order valence-corrected chi connectivity index (χ2v) is 6.68. The number of nitrogens with zero attached hydrogens (tertiary/aromatic N) is 2. The molecule has 3 rings (SSSR count). The molecule has 3 aromatic rings. The molecular formula is C16H15BrN2OS. The van der Waals surface area contributed by atoms with Crippen LogP contribution >= 0.6 is 27.7 Å². The van der Waals surface area contributed by atoms with Gasteiger partial charge in [-0.1, -0.05) is 46.7 Å². The van der Waals surface area contributed by atoms with Gasteiger partial charge in [0.2, 0.25) is 0 Å². The van der Waals surface area contributed by atoms with Gasteiger partial charge in [-0.25, -0.2) is 4.98 Å². The molecule has 2 aromatic heterocycles. The van der Waals surface area contributed by atoms with E-state index in [-0.39, 0.29) is 0 Å². The molecule has 0 saturated heterocycles. The van der Waals surface area contributed by atoms with Crippen molar-refractivity contribution in [2.75, 3.05) is 5.75 Å². The molecule has 0 N–H and O–H groups in total. The first-order valence-corrected chi connectivity index (χ1v) is 8.52. The third-order valence-electron chi connectivity index (χ3n) is 3.13. The minimum absolute atomic E-state index is 0.695. The zero-order valence-corrected chi connectivity index (χ0v) is 14.0. The van der Waals surface area contributed by atoms with E-state index in [1.165, 1.54) is 0 Å². The Morgan fingerprint density at radius 2 is 2.05 bits per heavy atom. The molecule has 1 aromatic carbocycles. The second-order valence-electron chi connectivity index (χ2n) is 4.53. The van der Waals surface area contributed by atoms with Crippen LogP contribution in [0, 0.1) is 0 Å². The van der Waals surface area contributed by atoms with Crippen molar-refractivity contribution in [1.82, 2.24) is 9.55 Å². The van der Waals surface area contributed by atoms with Crippen LogP contribution < -0.4 is 0 Å². The Labute approximate surface area is 136 Å². The summed E-state index contributed by atoms with van der Waals surface area (Å²) in [7, 11) is 0. The van der Waals surface area contributed by atoms with Crippen LogP contribution in [0.3, 0.4) is 0 Å². The first-order valence-electron chi connectivity index (χ1n) is 6.74. The fourth-order valence-corrected chi connectivity index (χ4v) is 3.13. The Hall–Kier alpha value is -1.46. The summed E-state index contributed by atoms with van der Waals surface area (Å²) in [4.78, 5) is 4.56. The number of benzene rings is 1. The number of furan rings is 1. The highest BCUT2D eigenvalue weighted by molar-refractivity contribution is 9.10. The predicted molar refractivity (Wildman–Crippen MR) is 89.6 cm³/mol. The highest BCUT2D eigenvalue weighted by Gasteiger charge is 2.13. The van der Waals surface area contributed by atoms with Crippen molar-refractivity contribution in [1.29, 1.82) is 0 Å². The molecule has 0 fully saturated rings. The molecule has 0 bridgehead atoms. The van der Waals surface area contributed by atoms with Crippen LogP contribution in [0.4, 0.5) is 0 Å². The molecule has 2 heterocycles. The van der Waals surface area contributed by atoms with Gasteiger partial charge in [0, 0.05) is 4.47 Å². The van der Waals surface area contributed by atoms with E-state index in [2.05, 4.69) is 44.5 Å². The molecule has 0 aliphatic heterocycles. The average Bonchev–Trinajstić information content (AvgIpc) is 3.12. The topological polar surface area (TPSA) is 31.0 Å². The summed E-state index contributed by atoms with van der Waals surface area (Å²) in [5.41, 5.74) is 2.26. The van der Waals surface area contributed by atoms with Gasteiger partial charge in [0.05, 0.1) is 24.7 Å². The molecule has 0 spiro atoms. The van der Waals surface area contributed by atoms with Crippen LogP contribution in [0.2, 0.25) is 0 Å². The lowest BCUT2D eigenvalue weighted by molar-refractivity contribution is 0.485. The number of thioether (sulfide) groups is 1. The molecule has 108 valence electrons. The number of halogens is 1. The first kappa shape index (κ1) is 14.5. The fraction of sp³-hybridized carbons (Fsp3) is 0.188. The van der Waals surface area contributed by atoms with E-state index < -0.39 is 0 Å². The fourth-order valence-electron chi connectivity index (χ4n) is 2.17. The minimum atomic E-state index is 0.695. The average molecular weight is 363 g/mol. The second kappa shape index (κ2) is 6.54. The quantitative estimate of drug-likeness (QED) is 0.594. The van der Waals surface area contributed by atoms with E-state index >= 15 is 0 Å². The molecule has 21 heavy (non-hydrogen) atoms. The van der Waals surface area contributed by atoms with Crippen molar-refractivity contribution in [3.63, 3.8) is 0 Å². The van der Waals surface area contributed by atoms with Gasteiger partial charge in [-0.3, -0.25) is 0 Å². The summed E-state index contributed by atoms with van der Waals surface area (Å²) < 4.78 is 8.76. The Balaban J connectivity index is 2.01. The molecule has 0 unspecified atom stereocenters. The summed E-state index contributed by atoms with van der Waals surface area (Å²) in [6.45, 7) is 2.83. The summed E-state index contributed by atoms with van der Waals surface area (Å²) in [5.74, 6) is 1.93. The van der Waals surface area contributed by atoms with Crippen molar-refractivity contribution >= 4 is 27.7 Å². The third kappa shape index (κ3) is 3.24. The summed E-state index contributed by atoms with van der Waals surface area (Å²) in [5, 5.41) is 1.02. The van der Waals surface area contributed by atoms with Crippen LogP contribution in [-0.4, -0.2) is 15.3 Å². The lowest BCUT2D eigenvalue weighted by Crippen LogP contribution is -2.03. The van der Waals surface area contributed by atoms with E-state index in [1.807, 2.05) is 30.5 Å². The van der Waals surface area contributed by atoms with Crippen LogP contribution in [0.1, 0.15) is 12.7 Å². The number of hydrogen-bond acceptors (Lipinski definition) is 3. The van der Waals surface area contributed by atoms with E-state index in [9.17, 15) is 0 Å². The van der Waals surface area contributed by atoms with Crippen molar-refractivity contribution in [3.8, 4) is 11.3 Å². The number of hydrogen-bond donors (Lipinski definition) is 0. The number of rotatable bonds is 5.